The summed E-state index contributed by atoms with van der Waals surface area (Å²) in [6.45, 7) is 9.84. The predicted molar refractivity (Wildman–Crippen MR) is 98.7 cm³/mol. The van der Waals surface area contributed by atoms with Crippen LogP contribution >= 0.6 is 0 Å². The fraction of sp³-hybridized carbons (Fsp3) is 0.714. The second-order valence-electron chi connectivity index (χ2n) is 6.18. The first kappa shape index (κ1) is 20.2. The van der Waals surface area contributed by atoms with Gasteiger partial charge in [-0.3, -0.25) is 0 Å². The molecular formula is C21H38. The third-order valence-corrected chi connectivity index (χ3v) is 4.08. The maximum absolute atomic E-state index is 3.80. The van der Waals surface area contributed by atoms with Gasteiger partial charge in [0.2, 0.25) is 0 Å². The van der Waals surface area contributed by atoms with Gasteiger partial charge in [-0.1, -0.05) is 69.8 Å². The molecule has 0 bridgehead atoms. The van der Waals surface area contributed by atoms with Crippen molar-refractivity contribution in [2.24, 2.45) is 5.92 Å². The average Bonchev–Trinajstić information content (AvgIpc) is 2.50. The van der Waals surface area contributed by atoms with Crippen LogP contribution in [0.2, 0.25) is 0 Å². The number of unbranched alkanes of at least 4 members (excludes halogenated alkanes) is 8. The molecule has 1 unspecified atom stereocenters. The van der Waals surface area contributed by atoms with E-state index < -0.39 is 0 Å². The summed E-state index contributed by atoms with van der Waals surface area (Å²) in [7, 11) is 0. The van der Waals surface area contributed by atoms with Crippen LogP contribution in [0.1, 0.15) is 90.4 Å². The molecule has 0 rings (SSSR count). The molecule has 122 valence electrons. The van der Waals surface area contributed by atoms with Crippen LogP contribution < -0.4 is 0 Å². The van der Waals surface area contributed by atoms with Crippen molar-refractivity contribution in [3.05, 3.63) is 37.5 Å². The number of rotatable bonds is 16. The van der Waals surface area contributed by atoms with Gasteiger partial charge in [0.05, 0.1) is 0 Å². The molecule has 0 amide bonds. The Morgan fingerprint density at radius 1 is 0.714 bits per heavy atom. The highest BCUT2D eigenvalue weighted by molar-refractivity contribution is 4.88. The average molecular weight is 291 g/mol. The summed E-state index contributed by atoms with van der Waals surface area (Å²) in [6.07, 6.45) is 26.2. The zero-order chi connectivity index (χ0) is 15.6. The zero-order valence-electron chi connectivity index (χ0n) is 14.5. The van der Waals surface area contributed by atoms with Gasteiger partial charge in [-0.05, 0) is 50.9 Å². The molecule has 1 atom stereocenters. The van der Waals surface area contributed by atoms with Crippen molar-refractivity contribution in [3.8, 4) is 0 Å². The van der Waals surface area contributed by atoms with E-state index in [4.69, 9.17) is 0 Å². The Morgan fingerprint density at radius 2 is 1.24 bits per heavy atom. The van der Waals surface area contributed by atoms with Crippen molar-refractivity contribution in [1.29, 1.82) is 0 Å². The molecule has 0 heteroatoms. The Balaban J connectivity index is 3.79. The van der Waals surface area contributed by atoms with Crippen LogP contribution in [0.25, 0.3) is 0 Å². The molecule has 0 aliphatic carbocycles. The van der Waals surface area contributed by atoms with Gasteiger partial charge in [0, 0.05) is 0 Å². The van der Waals surface area contributed by atoms with Gasteiger partial charge in [-0.15, -0.1) is 13.2 Å². The molecule has 0 nitrogen and oxygen atoms in total. The predicted octanol–water partition coefficient (Wildman–Crippen LogP) is 7.62. The van der Waals surface area contributed by atoms with Crippen LogP contribution in [0.3, 0.4) is 0 Å². The van der Waals surface area contributed by atoms with E-state index in [0.29, 0.717) is 0 Å². The van der Waals surface area contributed by atoms with E-state index in [1.807, 2.05) is 12.2 Å². The second kappa shape index (κ2) is 17.3. The molecule has 0 radical (unpaired) electrons. The van der Waals surface area contributed by atoms with Crippen molar-refractivity contribution in [1.82, 2.24) is 0 Å². The van der Waals surface area contributed by atoms with E-state index in [-0.39, 0.29) is 0 Å². The lowest BCUT2D eigenvalue weighted by Gasteiger charge is -2.12. The molecule has 0 aliphatic rings. The molecular weight excluding hydrogens is 252 g/mol. The molecule has 0 aromatic heterocycles. The molecule has 0 heterocycles. The lowest BCUT2D eigenvalue weighted by atomic mass is 9.93. The van der Waals surface area contributed by atoms with Crippen LogP contribution in [-0.2, 0) is 0 Å². The first-order valence-corrected chi connectivity index (χ1v) is 9.23. The largest absolute Gasteiger partial charge is 0.103 e. The fourth-order valence-electron chi connectivity index (χ4n) is 2.71. The summed E-state index contributed by atoms with van der Waals surface area (Å²) < 4.78 is 0. The first-order valence-electron chi connectivity index (χ1n) is 9.23. The molecule has 0 aromatic carbocycles. The van der Waals surface area contributed by atoms with Gasteiger partial charge in [-0.2, -0.15) is 0 Å². The minimum absolute atomic E-state index is 0.819. The van der Waals surface area contributed by atoms with E-state index >= 15 is 0 Å². The standard InChI is InChI=1S/C21H38/c1-4-7-10-12-14-17-20-21(18-15-9-6-3)19-16-13-11-8-5-2/h4-5,15,18,21H,1-2,6-14,16-17,19-20H2,3H3. The van der Waals surface area contributed by atoms with Gasteiger partial charge in [0.25, 0.3) is 0 Å². The molecule has 0 N–H and O–H groups in total. The Hall–Kier alpha value is -0.780. The molecule has 0 fully saturated rings. The van der Waals surface area contributed by atoms with E-state index in [2.05, 4.69) is 32.2 Å². The van der Waals surface area contributed by atoms with Crippen LogP contribution in [-0.4, -0.2) is 0 Å². The van der Waals surface area contributed by atoms with E-state index in [9.17, 15) is 0 Å². The maximum Gasteiger partial charge on any atom is -0.0234 e. The SMILES string of the molecule is C=CCCCCCCC(C=CCCC)CCCCCC=C. The lowest BCUT2D eigenvalue weighted by Crippen LogP contribution is -1.97. The fourth-order valence-corrected chi connectivity index (χ4v) is 2.71. The maximum atomic E-state index is 3.80. The lowest BCUT2D eigenvalue weighted by molar-refractivity contribution is 0.472. The molecule has 0 aliphatic heterocycles. The Kier molecular flexibility index (Phi) is 16.6. The van der Waals surface area contributed by atoms with Gasteiger partial charge < -0.3 is 0 Å². The molecule has 0 saturated heterocycles. The number of allylic oxidation sites excluding steroid dienone is 4. The van der Waals surface area contributed by atoms with Crippen molar-refractivity contribution in [3.63, 3.8) is 0 Å². The Labute approximate surface area is 134 Å². The van der Waals surface area contributed by atoms with Gasteiger partial charge in [0.15, 0.2) is 0 Å². The van der Waals surface area contributed by atoms with Crippen LogP contribution in [0, 0.1) is 5.92 Å². The normalized spacial score (nSPS) is 12.6. The summed E-state index contributed by atoms with van der Waals surface area (Å²) >= 11 is 0. The highest BCUT2D eigenvalue weighted by Gasteiger charge is 2.04. The summed E-state index contributed by atoms with van der Waals surface area (Å²) in [4.78, 5) is 0. The molecule has 0 aromatic rings. The number of hydrogen-bond donors (Lipinski definition) is 0. The van der Waals surface area contributed by atoms with Gasteiger partial charge in [0.1, 0.15) is 0 Å². The summed E-state index contributed by atoms with van der Waals surface area (Å²) in [5.41, 5.74) is 0. The molecule has 21 heavy (non-hydrogen) atoms. The van der Waals surface area contributed by atoms with Gasteiger partial charge in [-0.25, -0.2) is 0 Å². The van der Waals surface area contributed by atoms with E-state index in [1.165, 1.54) is 83.5 Å². The number of hydrogen-bond acceptors (Lipinski definition) is 0. The minimum Gasteiger partial charge on any atom is -0.103 e. The van der Waals surface area contributed by atoms with Crippen LogP contribution in [0.5, 0.6) is 0 Å². The summed E-state index contributed by atoms with van der Waals surface area (Å²) in [5, 5.41) is 0. The van der Waals surface area contributed by atoms with Crippen LogP contribution in [0.15, 0.2) is 37.5 Å². The van der Waals surface area contributed by atoms with Crippen molar-refractivity contribution in [2.45, 2.75) is 90.4 Å². The summed E-state index contributed by atoms with van der Waals surface area (Å²) in [6, 6.07) is 0. The monoisotopic (exact) mass is 290 g/mol. The topological polar surface area (TPSA) is 0 Å². The third kappa shape index (κ3) is 15.4. The van der Waals surface area contributed by atoms with Crippen molar-refractivity contribution >= 4 is 0 Å². The van der Waals surface area contributed by atoms with E-state index in [0.717, 1.165) is 5.92 Å². The Bertz CT molecular complexity index is 249. The molecule has 0 saturated carbocycles. The van der Waals surface area contributed by atoms with Gasteiger partial charge >= 0.3 is 0 Å². The minimum atomic E-state index is 0.819. The smallest absolute Gasteiger partial charge is 0.0234 e. The highest BCUT2D eigenvalue weighted by Crippen LogP contribution is 2.20. The highest BCUT2D eigenvalue weighted by atomic mass is 14.1. The van der Waals surface area contributed by atoms with Crippen LogP contribution in [0.4, 0.5) is 0 Å². The second-order valence-corrected chi connectivity index (χ2v) is 6.18. The third-order valence-electron chi connectivity index (χ3n) is 4.08. The van der Waals surface area contributed by atoms with E-state index in [1.54, 1.807) is 0 Å². The summed E-state index contributed by atoms with van der Waals surface area (Å²) in [5.74, 6) is 0.819. The Morgan fingerprint density at radius 3 is 1.76 bits per heavy atom. The zero-order valence-corrected chi connectivity index (χ0v) is 14.5. The quantitative estimate of drug-likeness (QED) is 0.202. The molecule has 0 spiro atoms. The first-order chi connectivity index (χ1) is 10.3. The van der Waals surface area contributed by atoms with Crippen molar-refractivity contribution < 1.29 is 0 Å². The van der Waals surface area contributed by atoms with Crippen molar-refractivity contribution in [2.75, 3.05) is 0 Å².